The van der Waals surface area contributed by atoms with Gasteiger partial charge in [0.15, 0.2) is 11.6 Å². The molecular weight excluding hydrogens is 383 g/mol. The lowest BCUT2D eigenvalue weighted by molar-refractivity contribution is 0.0292. The first-order valence-electron chi connectivity index (χ1n) is 9.22. The molecule has 1 amide bonds. The molecule has 0 bridgehead atoms. The molecule has 28 heavy (non-hydrogen) atoms. The summed E-state index contributed by atoms with van der Waals surface area (Å²) in [7, 11) is 0. The van der Waals surface area contributed by atoms with E-state index in [0.717, 1.165) is 12.0 Å². The Hall–Kier alpha value is -2.34. The van der Waals surface area contributed by atoms with Gasteiger partial charge in [-0.3, -0.25) is 4.98 Å². The second kappa shape index (κ2) is 8.35. The average molecular weight is 407 g/mol. The molecule has 0 N–H and O–H groups in total. The van der Waals surface area contributed by atoms with E-state index in [0.29, 0.717) is 23.8 Å². The molecule has 1 aliphatic heterocycles. The van der Waals surface area contributed by atoms with Gasteiger partial charge in [-0.1, -0.05) is 11.6 Å². The van der Waals surface area contributed by atoms with Crippen molar-refractivity contribution in [3.63, 3.8) is 0 Å². The fraction of sp³-hybridized carbons (Fsp3) is 0.429. The van der Waals surface area contributed by atoms with E-state index in [1.165, 1.54) is 12.1 Å². The number of carbonyl (C=O) groups excluding carboxylic acids is 1. The third kappa shape index (κ3) is 5.35. The third-order valence-electron chi connectivity index (χ3n) is 4.42. The van der Waals surface area contributed by atoms with E-state index in [1.54, 1.807) is 17.2 Å². The van der Waals surface area contributed by atoms with E-state index in [1.807, 2.05) is 32.9 Å². The molecule has 1 aliphatic rings. The lowest BCUT2D eigenvalue weighted by Crippen LogP contribution is -2.35. The topological polar surface area (TPSA) is 51.7 Å². The quantitative estimate of drug-likeness (QED) is 0.702. The number of halogens is 2. The summed E-state index contributed by atoms with van der Waals surface area (Å²) in [5.74, 6) is -0.164. The predicted octanol–water partition coefficient (Wildman–Crippen LogP) is 5.18. The molecule has 7 heteroatoms. The van der Waals surface area contributed by atoms with Gasteiger partial charge < -0.3 is 14.4 Å². The molecule has 1 unspecified atom stereocenters. The molecule has 2 heterocycles. The van der Waals surface area contributed by atoms with Gasteiger partial charge in [0.05, 0.1) is 5.69 Å². The van der Waals surface area contributed by atoms with Crippen LogP contribution in [-0.4, -0.2) is 34.7 Å². The molecule has 1 fully saturated rings. The highest BCUT2D eigenvalue weighted by molar-refractivity contribution is 6.30. The Kier molecular flexibility index (Phi) is 6.08. The Labute approximate surface area is 169 Å². The van der Waals surface area contributed by atoms with Gasteiger partial charge >= 0.3 is 6.09 Å². The number of likely N-dealkylation sites (tertiary alicyclic amines) is 1. The van der Waals surface area contributed by atoms with Crippen molar-refractivity contribution in [2.45, 2.75) is 45.3 Å². The van der Waals surface area contributed by atoms with Crippen molar-refractivity contribution in [2.24, 2.45) is 0 Å². The number of benzene rings is 1. The van der Waals surface area contributed by atoms with Crippen molar-refractivity contribution in [1.29, 1.82) is 0 Å². The van der Waals surface area contributed by atoms with Crippen molar-refractivity contribution in [2.75, 3.05) is 13.1 Å². The number of pyridine rings is 1. The number of rotatable bonds is 4. The number of ether oxygens (including phenoxy) is 2. The van der Waals surface area contributed by atoms with Crippen LogP contribution in [0.4, 0.5) is 9.18 Å². The van der Waals surface area contributed by atoms with Crippen molar-refractivity contribution in [3.8, 4) is 5.75 Å². The number of hydrogen-bond donors (Lipinski definition) is 0. The van der Waals surface area contributed by atoms with Crippen molar-refractivity contribution in [3.05, 3.63) is 58.6 Å². The van der Waals surface area contributed by atoms with E-state index in [4.69, 9.17) is 21.1 Å². The van der Waals surface area contributed by atoms with Crippen LogP contribution in [0.1, 0.15) is 44.4 Å². The minimum atomic E-state index is -0.507. The summed E-state index contributed by atoms with van der Waals surface area (Å²) in [6.45, 7) is 6.98. The van der Waals surface area contributed by atoms with Gasteiger partial charge in [0, 0.05) is 30.2 Å². The number of amides is 1. The lowest BCUT2D eigenvalue weighted by Gasteiger charge is -2.24. The Bertz CT molecular complexity index is 854. The molecule has 0 radical (unpaired) electrons. The number of nitrogens with zero attached hydrogens (tertiary/aromatic N) is 2. The average Bonchev–Trinajstić information content (AvgIpc) is 3.10. The molecule has 1 aromatic carbocycles. The van der Waals surface area contributed by atoms with E-state index in [9.17, 15) is 9.18 Å². The van der Waals surface area contributed by atoms with E-state index >= 15 is 0 Å². The summed E-state index contributed by atoms with van der Waals surface area (Å²) in [5, 5.41) is 0.320. The monoisotopic (exact) mass is 406 g/mol. The fourth-order valence-electron chi connectivity index (χ4n) is 3.10. The highest BCUT2D eigenvalue weighted by atomic mass is 35.5. The normalized spacial score (nSPS) is 16.9. The van der Waals surface area contributed by atoms with E-state index in [-0.39, 0.29) is 24.4 Å². The van der Waals surface area contributed by atoms with Crippen molar-refractivity contribution in [1.82, 2.24) is 9.88 Å². The highest BCUT2D eigenvalue weighted by Gasteiger charge is 2.30. The van der Waals surface area contributed by atoms with Gasteiger partial charge in [-0.2, -0.15) is 0 Å². The Balaban J connectivity index is 1.61. The van der Waals surface area contributed by atoms with Gasteiger partial charge in [-0.25, -0.2) is 9.18 Å². The van der Waals surface area contributed by atoms with Crippen LogP contribution in [0.3, 0.4) is 0 Å². The minimum Gasteiger partial charge on any atom is -0.484 e. The molecule has 0 spiro atoms. The molecule has 2 aromatic rings. The van der Waals surface area contributed by atoms with Crippen LogP contribution in [-0.2, 0) is 11.3 Å². The Morgan fingerprint density at radius 3 is 2.82 bits per heavy atom. The van der Waals surface area contributed by atoms with E-state index < -0.39 is 11.4 Å². The van der Waals surface area contributed by atoms with Gasteiger partial charge in [-0.05, 0) is 63.1 Å². The molecule has 150 valence electrons. The molecule has 1 aromatic heterocycles. The van der Waals surface area contributed by atoms with Crippen LogP contribution in [0.15, 0.2) is 36.5 Å². The largest absolute Gasteiger partial charge is 0.484 e. The zero-order valence-corrected chi connectivity index (χ0v) is 17.0. The summed E-state index contributed by atoms with van der Waals surface area (Å²) >= 11 is 5.75. The predicted molar refractivity (Wildman–Crippen MR) is 105 cm³/mol. The number of aromatic nitrogens is 1. The van der Waals surface area contributed by atoms with Crippen LogP contribution in [0.2, 0.25) is 5.02 Å². The Morgan fingerprint density at radius 2 is 2.11 bits per heavy atom. The first-order valence-corrected chi connectivity index (χ1v) is 9.60. The molecule has 0 aliphatic carbocycles. The molecule has 1 saturated heterocycles. The first kappa shape index (κ1) is 20.4. The fourth-order valence-corrected chi connectivity index (χ4v) is 3.26. The van der Waals surface area contributed by atoms with Gasteiger partial charge in [-0.15, -0.1) is 0 Å². The zero-order chi connectivity index (χ0) is 20.3. The van der Waals surface area contributed by atoms with Gasteiger partial charge in [0.2, 0.25) is 0 Å². The van der Waals surface area contributed by atoms with Gasteiger partial charge in [0.25, 0.3) is 0 Å². The summed E-state index contributed by atoms with van der Waals surface area (Å²) < 4.78 is 24.8. The van der Waals surface area contributed by atoms with Crippen LogP contribution in [0, 0.1) is 5.82 Å². The lowest BCUT2D eigenvalue weighted by atomic mass is 9.99. The molecule has 5 nitrogen and oxygen atoms in total. The first-order chi connectivity index (χ1) is 13.2. The second-order valence-corrected chi connectivity index (χ2v) is 8.29. The molecule has 3 rings (SSSR count). The number of carbonyl (C=O) groups is 1. The van der Waals surface area contributed by atoms with Crippen LogP contribution >= 0.6 is 11.6 Å². The van der Waals surface area contributed by atoms with Crippen molar-refractivity contribution >= 4 is 17.7 Å². The van der Waals surface area contributed by atoms with Crippen molar-refractivity contribution < 1.29 is 18.7 Å². The van der Waals surface area contributed by atoms with Crippen LogP contribution in [0.25, 0.3) is 0 Å². The van der Waals surface area contributed by atoms with Gasteiger partial charge in [0.1, 0.15) is 12.2 Å². The summed E-state index contributed by atoms with van der Waals surface area (Å²) in [4.78, 5) is 18.3. The third-order valence-corrected chi connectivity index (χ3v) is 4.66. The maximum atomic E-state index is 13.8. The SMILES string of the molecule is CC(C)(C)OC(=O)N1CCC(c2ccnc(COc3ccc(Cl)cc3F)c2)C1. The molecule has 0 saturated carbocycles. The minimum absolute atomic E-state index is 0.133. The van der Waals surface area contributed by atoms with E-state index in [2.05, 4.69) is 4.98 Å². The molecular formula is C21H24ClFN2O3. The standard InChI is InChI=1S/C21H24ClFN2O3/c1-21(2,3)28-20(26)25-9-7-15(12-25)14-6-8-24-17(10-14)13-27-19-5-4-16(22)11-18(19)23/h4-6,8,10-11,15H,7,9,12-13H2,1-3H3. The summed E-state index contributed by atoms with van der Waals surface area (Å²) in [5.41, 5.74) is 1.27. The Morgan fingerprint density at radius 1 is 1.32 bits per heavy atom. The maximum Gasteiger partial charge on any atom is 0.410 e. The summed E-state index contributed by atoms with van der Waals surface area (Å²) in [6.07, 6.45) is 2.28. The second-order valence-electron chi connectivity index (χ2n) is 7.86. The van der Waals surface area contributed by atoms with Crippen LogP contribution in [0.5, 0.6) is 5.75 Å². The number of hydrogen-bond acceptors (Lipinski definition) is 4. The zero-order valence-electron chi connectivity index (χ0n) is 16.2. The summed E-state index contributed by atoms with van der Waals surface area (Å²) in [6, 6.07) is 8.17. The van der Waals surface area contributed by atoms with Crippen LogP contribution < -0.4 is 4.74 Å². The smallest absolute Gasteiger partial charge is 0.410 e. The maximum absolute atomic E-state index is 13.8. The highest BCUT2D eigenvalue weighted by Crippen LogP contribution is 2.29. The molecule has 1 atom stereocenters.